The minimum Gasteiger partial charge on any atom is -0.469 e. The number of ether oxygens (including phenoxy) is 2. The Morgan fingerprint density at radius 2 is 0.955 bits per heavy atom. The molecule has 6 saturated carbocycles. The summed E-state index contributed by atoms with van der Waals surface area (Å²) in [6.07, 6.45) is 2.46. The van der Waals surface area contributed by atoms with E-state index in [1.807, 2.05) is 0 Å². The van der Waals surface area contributed by atoms with Crippen molar-refractivity contribution in [1.82, 2.24) is 0 Å². The average molecular weight is 302 g/mol. The predicted octanol–water partition coefficient (Wildman–Crippen LogP) is 1.59. The van der Waals surface area contributed by atoms with Crippen molar-refractivity contribution in [3.05, 3.63) is 0 Å². The molecule has 0 aromatic rings. The topological polar surface area (TPSA) is 52.6 Å². The molecule has 4 nitrogen and oxygen atoms in total. The van der Waals surface area contributed by atoms with Crippen molar-refractivity contribution in [2.45, 2.75) is 12.8 Å². The summed E-state index contributed by atoms with van der Waals surface area (Å²) in [6.45, 7) is 0. The third kappa shape index (κ3) is 1.09. The molecule has 0 radical (unpaired) electrons. The number of rotatable bonds is 2. The van der Waals surface area contributed by atoms with Gasteiger partial charge in [0.1, 0.15) is 0 Å². The Bertz CT molecular complexity index is 516. The van der Waals surface area contributed by atoms with Crippen LogP contribution in [0.5, 0.6) is 0 Å². The van der Waals surface area contributed by atoms with E-state index in [0.29, 0.717) is 59.2 Å². The lowest BCUT2D eigenvalue weighted by molar-refractivity contribution is -0.149. The first-order chi connectivity index (χ1) is 10.7. The Labute approximate surface area is 129 Å². The zero-order valence-corrected chi connectivity index (χ0v) is 13.0. The molecule has 118 valence electrons. The second-order valence-electron chi connectivity index (χ2n) is 8.69. The maximum absolute atomic E-state index is 12.5. The van der Waals surface area contributed by atoms with Crippen LogP contribution in [0, 0.1) is 71.0 Å². The first-order valence-corrected chi connectivity index (χ1v) is 8.84. The van der Waals surface area contributed by atoms with E-state index in [1.54, 1.807) is 14.2 Å². The van der Waals surface area contributed by atoms with Crippen molar-refractivity contribution < 1.29 is 19.1 Å². The third-order valence-corrected chi connectivity index (χ3v) is 8.59. The molecule has 6 aliphatic rings. The van der Waals surface area contributed by atoms with E-state index < -0.39 is 0 Å². The van der Waals surface area contributed by atoms with Crippen LogP contribution in [0.15, 0.2) is 0 Å². The van der Waals surface area contributed by atoms with Crippen LogP contribution in [0.1, 0.15) is 12.8 Å². The molecular formula is C18H22O4. The summed E-state index contributed by atoms with van der Waals surface area (Å²) in [5.41, 5.74) is 0. The SMILES string of the molecule is COC(=O)C1[C@H]2C3C4[C@@H]1[C@H]1C[C@H]1[C@@H]4C(C(=O)OC)[C@H]3[C@H]1C[C@H]21. The van der Waals surface area contributed by atoms with Crippen molar-refractivity contribution in [2.24, 2.45) is 71.0 Å². The fourth-order valence-electron chi connectivity index (χ4n) is 8.36. The van der Waals surface area contributed by atoms with Gasteiger partial charge in [0.05, 0.1) is 26.1 Å². The van der Waals surface area contributed by atoms with Crippen LogP contribution in [0.2, 0.25) is 0 Å². The standard InChI is InChI=1S/C18H22O4/c1-21-17(19)15-9-5-3-7(5)11-13(9)14-10(15)6-4-8(6)12(14)16(11)18(20)22-2/h5-16H,3-4H2,1-2H3/t5-,6-,7-,8+,9+,10-,11-,12-,13?,14?,15?,16?/m0/s1. The first-order valence-electron chi connectivity index (χ1n) is 8.84. The van der Waals surface area contributed by atoms with Gasteiger partial charge in [-0.1, -0.05) is 0 Å². The molecule has 0 N–H and O–H groups in total. The van der Waals surface area contributed by atoms with Crippen LogP contribution in [0.4, 0.5) is 0 Å². The Balaban J connectivity index is 1.49. The molecule has 0 aromatic carbocycles. The molecule has 12 atom stereocenters. The van der Waals surface area contributed by atoms with Gasteiger partial charge in [0, 0.05) is 0 Å². The highest BCUT2D eigenvalue weighted by atomic mass is 16.5. The number of carbonyl (C=O) groups excluding carboxylic acids is 2. The second-order valence-corrected chi connectivity index (χ2v) is 8.69. The van der Waals surface area contributed by atoms with Gasteiger partial charge in [-0.05, 0) is 72.0 Å². The largest absolute Gasteiger partial charge is 0.469 e. The molecule has 4 heteroatoms. The Kier molecular flexibility index (Phi) is 1.99. The molecule has 0 heterocycles. The van der Waals surface area contributed by atoms with Crippen LogP contribution in [-0.4, -0.2) is 26.2 Å². The van der Waals surface area contributed by atoms with Crippen molar-refractivity contribution in [3.8, 4) is 0 Å². The van der Waals surface area contributed by atoms with E-state index in [1.165, 1.54) is 12.8 Å². The predicted molar refractivity (Wildman–Crippen MR) is 75.1 cm³/mol. The lowest BCUT2D eigenvalue weighted by Gasteiger charge is -2.26. The molecule has 0 saturated heterocycles. The number of hydrogen-bond acceptors (Lipinski definition) is 4. The Hall–Kier alpha value is -1.06. The fraction of sp³-hybridized carbons (Fsp3) is 0.889. The third-order valence-electron chi connectivity index (χ3n) is 8.59. The van der Waals surface area contributed by atoms with E-state index in [4.69, 9.17) is 9.47 Å². The molecule has 6 fully saturated rings. The van der Waals surface area contributed by atoms with E-state index in [-0.39, 0.29) is 23.8 Å². The minimum absolute atomic E-state index is 0.0385. The number of fused-ring (bicyclic) bond motifs is 6. The molecule has 0 spiro atoms. The van der Waals surface area contributed by atoms with Crippen molar-refractivity contribution >= 4 is 11.9 Å². The van der Waals surface area contributed by atoms with E-state index in [2.05, 4.69) is 0 Å². The molecule has 0 aromatic heterocycles. The van der Waals surface area contributed by atoms with Gasteiger partial charge in [-0.25, -0.2) is 0 Å². The van der Waals surface area contributed by atoms with Crippen LogP contribution in [0.3, 0.4) is 0 Å². The molecule has 22 heavy (non-hydrogen) atoms. The van der Waals surface area contributed by atoms with E-state index in [0.717, 1.165) is 0 Å². The lowest BCUT2D eigenvalue weighted by Crippen LogP contribution is -2.32. The van der Waals surface area contributed by atoms with Gasteiger partial charge in [0.15, 0.2) is 0 Å². The molecule has 0 bridgehead atoms. The first kappa shape index (κ1) is 12.4. The summed E-state index contributed by atoms with van der Waals surface area (Å²) in [7, 11) is 3.09. The summed E-state index contributed by atoms with van der Waals surface area (Å²) in [6, 6.07) is 0. The molecular weight excluding hydrogens is 280 g/mol. The monoisotopic (exact) mass is 302 g/mol. The number of hydrogen-bond donors (Lipinski definition) is 0. The van der Waals surface area contributed by atoms with Gasteiger partial charge in [0.25, 0.3) is 0 Å². The Morgan fingerprint density at radius 1 is 0.636 bits per heavy atom. The fourth-order valence-corrected chi connectivity index (χ4v) is 8.36. The van der Waals surface area contributed by atoms with Crippen molar-refractivity contribution in [1.29, 1.82) is 0 Å². The second kappa shape index (κ2) is 3.54. The van der Waals surface area contributed by atoms with Gasteiger partial charge in [-0.2, -0.15) is 0 Å². The van der Waals surface area contributed by atoms with E-state index in [9.17, 15) is 9.59 Å². The molecule has 4 unspecified atom stereocenters. The number of methoxy groups -OCH3 is 2. The highest BCUT2D eigenvalue weighted by Crippen LogP contribution is 2.84. The zero-order chi connectivity index (χ0) is 14.9. The molecule has 0 aliphatic heterocycles. The van der Waals surface area contributed by atoms with Gasteiger partial charge < -0.3 is 9.47 Å². The molecule has 6 rings (SSSR count). The Morgan fingerprint density at radius 3 is 1.23 bits per heavy atom. The number of esters is 2. The quantitative estimate of drug-likeness (QED) is 0.727. The van der Waals surface area contributed by atoms with Gasteiger partial charge in [-0.15, -0.1) is 0 Å². The highest BCUT2D eigenvalue weighted by Gasteiger charge is 2.83. The van der Waals surface area contributed by atoms with Crippen LogP contribution < -0.4 is 0 Å². The average Bonchev–Trinajstić information content (AvgIpc) is 3.35. The normalized spacial score (nSPS) is 63.9. The minimum atomic E-state index is 0.0385. The van der Waals surface area contributed by atoms with Crippen LogP contribution >= 0.6 is 0 Å². The summed E-state index contributed by atoms with van der Waals surface area (Å²) in [4.78, 5) is 25.0. The van der Waals surface area contributed by atoms with Gasteiger partial charge >= 0.3 is 11.9 Å². The summed E-state index contributed by atoms with van der Waals surface area (Å²) >= 11 is 0. The lowest BCUT2D eigenvalue weighted by atomic mass is 9.79. The number of carbonyl (C=O) groups is 2. The summed E-state index contributed by atoms with van der Waals surface area (Å²) in [5, 5.41) is 0. The highest BCUT2D eigenvalue weighted by molar-refractivity contribution is 5.77. The smallest absolute Gasteiger partial charge is 0.309 e. The summed E-state index contributed by atoms with van der Waals surface area (Å²) < 4.78 is 10.4. The summed E-state index contributed by atoms with van der Waals surface area (Å²) in [5.74, 6) is 6.37. The van der Waals surface area contributed by atoms with Gasteiger partial charge in [-0.3, -0.25) is 9.59 Å². The van der Waals surface area contributed by atoms with Crippen molar-refractivity contribution in [2.75, 3.05) is 14.2 Å². The van der Waals surface area contributed by atoms with Gasteiger partial charge in [0.2, 0.25) is 0 Å². The molecule has 6 aliphatic carbocycles. The van der Waals surface area contributed by atoms with Crippen LogP contribution in [-0.2, 0) is 19.1 Å². The maximum atomic E-state index is 12.5. The molecule has 0 amide bonds. The zero-order valence-electron chi connectivity index (χ0n) is 13.0. The van der Waals surface area contributed by atoms with Crippen LogP contribution in [0.25, 0.3) is 0 Å². The van der Waals surface area contributed by atoms with Crippen molar-refractivity contribution in [3.63, 3.8) is 0 Å². The van der Waals surface area contributed by atoms with E-state index >= 15 is 0 Å². The maximum Gasteiger partial charge on any atom is 0.309 e.